The Bertz CT molecular complexity index is 472. The zero-order valence-corrected chi connectivity index (χ0v) is 14.7. The fourth-order valence-corrected chi connectivity index (χ4v) is 5.32. The molecule has 2 bridgehead atoms. The van der Waals surface area contributed by atoms with Crippen LogP contribution in [0.4, 0.5) is 0 Å². The van der Waals surface area contributed by atoms with Gasteiger partial charge < -0.3 is 9.80 Å². The van der Waals surface area contributed by atoms with Crippen molar-refractivity contribution >= 4 is 11.8 Å². The van der Waals surface area contributed by atoms with Crippen LogP contribution in [0.5, 0.6) is 0 Å². The predicted octanol–water partition coefficient (Wildman–Crippen LogP) is 2.84. The van der Waals surface area contributed by atoms with Crippen LogP contribution in [0.25, 0.3) is 0 Å². The van der Waals surface area contributed by atoms with Gasteiger partial charge in [0.25, 0.3) is 0 Å². The van der Waals surface area contributed by atoms with E-state index in [1.54, 1.807) is 0 Å². The molecule has 24 heavy (non-hydrogen) atoms. The summed E-state index contributed by atoms with van der Waals surface area (Å²) in [5.41, 5.74) is 0. The fourth-order valence-electron chi connectivity index (χ4n) is 5.32. The Hall–Kier alpha value is -1.32. The van der Waals surface area contributed by atoms with Crippen molar-refractivity contribution < 1.29 is 9.59 Å². The second kappa shape index (κ2) is 6.89. The molecule has 2 aliphatic heterocycles. The summed E-state index contributed by atoms with van der Waals surface area (Å²) < 4.78 is 0. The Labute approximate surface area is 145 Å². The minimum atomic E-state index is -0.0960. The SMILES string of the molecule is O=C(C1C2C=CC(CC2)C1C(=O)N1CCCCC1)N1CCCCC1. The Morgan fingerprint density at radius 3 is 1.33 bits per heavy atom. The third-order valence-corrected chi connectivity index (χ3v) is 6.65. The van der Waals surface area contributed by atoms with Gasteiger partial charge in [0.05, 0.1) is 11.8 Å². The van der Waals surface area contributed by atoms with E-state index in [0.717, 1.165) is 64.7 Å². The number of likely N-dealkylation sites (tertiary alicyclic amines) is 2. The van der Waals surface area contributed by atoms with Gasteiger partial charge in [0.2, 0.25) is 11.8 Å². The van der Waals surface area contributed by atoms with E-state index in [1.165, 1.54) is 12.8 Å². The van der Waals surface area contributed by atoms with Gasteiger partial charge in [-0.15, -0.1) is 0 Å². The topological polar surface area (TPSA) is 40.6 Å². The van der Waals surface area contributed by atoms with Gasteiger partial charge in [0, 0.05) is 26.2 Å². The van der Waals surface area contributed by atoms with E-state index in [-0.39, 0.29) is 35.5 Å². The van der Waals surface area contributed by atoms with Crippen LogP contribution in [-0.4, -0.2) is 47.8 Å². The Balaban J connectivity index is 1.56. The Kier molecular flexibility index (Phi) is 4.64. The molecule has 0 aromatic rings. The molecule has 132 valence electrons. The van der Waals surface area contributed by atoms with Crippen molar-refractivity contribution in [2.75, 3.05) is 26.2 Å². The van der Waals surface area contributed by atoms with Gasteiger partial charge in [0.1, 0.15) is 0 Å². The number of fused-ring (bicyclic) bond motifs is 2. The molecule has 5 aliphatic rings. The highest BCUT2D eigenvalue weighted by molar-refractivity contribution is 5.89. The minimum Gasteiger partial charge on any atom is -0.342 e. The number of nitrogens with zero attached hydrogens (tertiary/aromatic N) is 2. The summed E-state index contributed by atoms with van der Waals surface area (Å²) in [4.78, 5) is 30.6. The molecule has 4 heteroatoms. The Morgan fingerprint density at radius 1 is 0.625 bits per heavy atom. The highest BCUT2D eigenvalue weighted by atomic mass is 16.2. The quantitative estimate of drug-likeness (QED) is 0.731. The number of hydrogen-bond acceptors (Lipinski definition) is 2. The van der Waals surface area contributed by atoms with Crippen molar-refractivity contribution in [2.24, 2.45) is 23.7 Å². The lowest BCUT2D eigenvalue weighted by Crippen LogP contribution is -2.54. The van der Waals surface area contributed by atoms with Crippen LogP contribution in [0.15, 0.2) is 12.2 Å². The van der Waals surface area contributed by atoms with E-state index in [2.05, 4.69) is 22.0 Å². The maximum Gasteiger partial charge on any atom is 0.227 e. The van der Waals surface area contributed by atoms with E-state index < -0.39 is 0 Å². The molecule has 0 N–H and O–H groups in total. The molecule has 4 nitrogen and oxygen atoms in total. The third-order valence-electron chi connectivity index (χ3n) is 6.65. The van der Waals surface area contributed by atoms with E-state index in [4.69, 9.17) is 0 Å². The van der Waals surface area contributed by atoms with Gasteiger partial charge in [-0.2, -0.15) is 0 Å². The molecule has 3 aliphatic carbocycles. The average Bonchev–Trinajstić information content (AvgIpc) is 2.68. The van der Waals surface area contributed by atoms with Crippen LogP contribution in [0.2, 0.25) is 0 Å². The standard InChI is InChI=1S/C20H30N2O2/c23-19(21-11-3-1-4-12-21)17-15-7-9-16(10-8-15)18(17)20(24)22-13-5-2-6-14-22/h7,9,15-18H,1-6,8,10-14H2. The molecule has 0 aromatic carbocycles. The average molecular weight is 330 g/mol. The van der Waals surface area contributed by atoms with Crippen molar-refractivity contribution in [1.29, 1.82) is 0 Å². The zero-order chi connectivity index (χ0) is 16.5. The van der Waals surface area contributed by atoms with Crippen molar-refractivity contribution in [1.82, 2.24) is 9.80 Å². The highest BCUT2D eigenvalue weighted by Gasteiger charge is 2.50. The predicted molar refractivity (Wildman–Crippen MR) is 93.2 cm³/mol. The molecular weight excluding hydrogens is 300 g/mol. The van der Waals surface area contributed by atoms with E-state index >= 15 is 0 Å². The largest absolute Gasteiger partial charge is 0.342 e. The van der Waals surface area contributed by atoms with Crippen molar-refractivity contribution in [3.63, 3.8) is 0 Å². The summed E-state index contributed by atoms with van der Waals surface area (Å²) in [5.74, 6) is 0.905. The summed E-state index contributed by atoms with van der Waals surface area (Å²) in [5, 5.41) is 0. The second-order valence-electron chi connectivity index (χ2n) is 8.11. The van der Waals surface area contributed by atoms with Gasteiger partial charge in [-0.1, -0.05) is 12.2 Å². The Morgan fingerprint density at radius 2 is 1.00 bits per heavy atom. The lowest BCUT2D eigenvalue weighted by atomic mass is 9.61. The molecule has 0 spiro atoms. The van der Waals surface area contributed by atoms with Crippen LogP contribution in [0.3, 0.4) is 0 Å². The molecule has 0 radical (unpaired) electrons. The van der Waals surface area contributed by atoms with Crippen molar-refractivity contribution in [2.45, 2.75) is 51.4 Å². The van der Waals surface area contributed by atoms with Crippen molar-refractivity contribution in [3.05, 3.63) is 12.2 Å². The molecule has 4 unspecified atom stereocenters. The first-order valence-corrected chi connectivity index (χ1v) is 10.0. The lowest BCUT2D eigenvalue weighted by molar-refractivity contribution is -0.153. The van der Waals surface area contributed by atoms with Crippen LogP contribution in [0.1, 0.15) is 51.4 Å². The van der Waals surface area contributed by atoms with E-state index in [9.17, 15) is 9.59 Å². The summed E-state index contributed by atoms with van der Waals surface area (Å²) in [6, 6.07) is 0. The number of allylic oxidation sites excluding steroid dienone is 2. The molecule has 1 saturated carbocycles. The number of piperidine rings is 2. The first-order chi connectivity index (χ1) is 11.8. The molecule has 4 atom stereocenters. The minimum absolute atomic E-state index is 0.0960. The number of carbonyl (C=O) groups is 2. The normalized spacial score (nSPS) is 36.0. The highest BCUT2D eigenvalue weighted by Crippen LogP contribution is 2.46. The summed E-state index contributed by atoms with van der Waals surface area (Å²) >= 11 is 0. The molecule has 2 heterocycles. The van der Waals surface area contributed by atoms with Crippen LogP contribution >= 0.6 is 0 Å². The zero-order valence-electron chi connectivity index (χ0n) is 14.7. The summed E-state index contributed by atoms with van der Waals surface area (Å²) in [6.45, 7) is 3.56. The van der Waals surface area contributed by atoms with Gasteiger partial charge >= 0.3 is 0 Å². The molecule has 5 rings (SSSR count). The van der Waals surface area contributed by atoms with Crippen LogP contribution < -0.4 is 0 Å². The van der Waals surface area contributed by atoms with Crippen LogP contribution in [0, 0.1) is 23.7 Å². The van der Waals surface area contributed by atoms with E-state index in [0.29, 0.717) is 0 Å². The van der Waals surface area contributed by atoms with Gasteiger partial charge in [-0.3, -0.25) is 9.59 Å². The fraction of sp³-hybridized carbons (Fsp3) is 0.800. The molecule has 3 fully saturated rings. The third kappa shape index (κ3) is 2.89. The van der Waals surface area contributed by atoms with Gasteiger partial charge in [-0.25, -0.2) is 0 Å². The number of hydrogen-bond donors (Lipinski definition) is 0. The summed E-state index contributed by atoms with van der Waals surface area (Å²) in [7, 11) is 0. The number of rotatable bonds is 2. The van der Waals surface area contributed by atoms with Gasteiger partial charge in [-0.05, 0) is 63.2 Å². The van der Waals surface area contributed by atoms with Gasteiger partial charge in [0.15, 0.2) is 0 Å². The smallest absolute Gasteiger partial charge is 0.227 e. The lowest BCUT2D eigenvalue weighted by Gasteiger charge is -2.47. The maximum absolute atomic E-state index is 13.3. The maximum atomic E-state index is 13.3. The number of carbonyl (C=O) groups excluding carboxylic acids is 2. The second-order valence-corrected chi connectivity index (χ2v) is 8.11. The summed E-state index contributed by atoms with van der Waals surface area (Å²) in [6.07, 6.45) is 13.6. The molecular formula is C20H30N2O2. The van der Waals surface area contributed by atoms with Crippen LogP contribution in [-0.2, 0) is 9.59 Å². The molecule has 2 saturated heterocycles. The van der Waals surface area contributed by atoms with E-state index in [1.807, 2.05) is 0 Å². The molecule has 2 amide bonds. The first kappa shape index (κ1) is 16.2. The monoisotopic (exact) mass is 330 g/mol. The molecule has 0 aromatic heterocycles. The number of amides is 2. The van der Waals surface area contributed by atoms with Crippen molar-refractivity contribution in [3.8, 4) is 0 Å². The first-order valence-electron chi connectivity index (χ1n) is 10.0.